The first kappa shape index (κ1) is 42.6. The zero-order chi connectivity index (χ0) is 42.1. The molecule has 3 aromatic carbocycles. The molecule has 15 heteroatoms. The number of hydrogen-bond acceptors (Lipinski definition) is 10. The van der Waals surface area contributed by atoms with Gasteiger partial charge in [0.05, 0.1) is 7.11 Å². The summed E-state index contributed by atoms with van der Waals surface area (Å²) in [7, 11) is -0.662. The number of ether oxygens (including phenoxy) is 2. The van der Waals surface area contributed by atoms with Gasteiger partial charge in [0.2, 0.25) is 5.91 Å². The molecular formula is C43H53N4O10P. The molecule has 1 fully saturated rings. The van der Waals surface area contributed by atoms with E-state index >= 15 is 0 Å². The van der Waals surface area contributed by atoms with Crippen LogP contribution in [0, 0.1) is 17.8 Å². The number of methoxy groups -OCH3 is 1. The van der Waals surface area contributed by atoms with Crippen LogP contribution in [0.15, 0.2) is 66.9 Å². The highest BCUT2D eigenvalue weighted by Crippen LogP contribution is 2.60. The Morgan fingerprint density at radius 1 is 0.931 bits per heavy atom. The number of para-hydroxylation sites is 1. The molecule has 1 aromatic heterocycles. The Labute approximate surface area is 338 Å². The van der Waals surface area contributed by atoms with Gasteiger partial charge in [-0.25, -0.2) is 9.59 Å². The number of nitrogens with zero attached hydrogens (tertiary/aromatic N) is 2. The third-order valence-corrected chi connectivity index (χ3v) is 13.4. The minimum atomic E-state index is -4.31. The third-order valence-electron chi connectivity index (χ3n) is 11.1. The molecule has 0 aliphatic carbocycles. The van der Waals surface area contributed by atoms with E-state index in [1.807, 2.05) is 50.2 Å². The first-order chi connectivity index (χ1) is 27.5. The van der Waals surface area contributed by atoms with E-state index in [0.717, 1.165) is 26.8 Å². The van der Waals surface area contributed by atoms with E-state index in [4.69, 9.17) is 18.5 Å². The van der Waals surface area contributed by atoms with Crippen molar-refractivity contribution in [2.24, 2.45) is 17.8 Å². The van der Waals surface area contributed by atoms with Gasteiger partial charge in [-0.05, 0) is 86.9 Å². The SMILES string of the molecule is COC(=O)[C@H](Cc1c[nH]c2ccccc12)NC(=O)[C@H]1C[C@@H](CC(C)C)[C@H](CCN2C(=O)c3cccc4cccc(c34)C2=O)[C@H](P(=O)(OC)OC)N1C(=O)OC(C)(C)C. The molecule has 0 saturated carbocycles. The number of nitrogens with one attached hydrogen (secondary N) is 2. The van der Waals surface area contributed by atoms with Crippen molar-refractivity contribution < 1.29 is 47.1 Å². The number of H-pyrrole nitrogens is 1. The Morgan fingerprint density at radius 3 is 2.16 bits per heavy atom. The minimum absolute atomic E-state index is 0.0711. The van der Waals surface area contributed by atoms with Gasteiger partial charge in [0.1, 0.15) is 23.5 Å². The molecule has 3 heterocycles. The fourth-order valence-corrected chi connectivity index (χ4v) is 10.6. The number of esters is 1. The van der Waals surface area contributed by atoms with E-state index in [1.54, 1.807) is 51.2 Å². The third kappa shape index (κ3) is 8.41. The van der Waals surface area contributed by atoms with Gasteiger partial charge < -0.3 is 28.8 Å². The van der Waals surface area contributed by atoms with Crippen molar-refractivity contribution in [3.63, 3.8) is 0 Å². The van der Waals surface area contributed by atoms with E-state index in [9.17, 15) is 28.5 Å². The predicted molar refractivity (Wildman–Crippen MR) is 218 cm³/mol. The van der Waals surface area contributed by atoms with Gasteiger partial charge in [-0.1, -0.05) is 56.3 Å². The molecule has 2 aliphatic rings. The van der Waals surface area contributed by atoms with Crippen LogP contribution in [-0.4, -0.2) is 95.9 Å². The monoisotopic (exact) mass is 816 g/mol. The Morgan fingerprint density at radius 2 is 1.57 bits per heavy atom. The predicted octanol–water partition coefficient (Wildman–Crippen LogP) is 7.31. The van der Waals surface area contributed by atoms with Crippen molar-refractivity contribution in [1.82, 2.24) is 20.1 Å². The summed E-state index contributed by atoms with van der Waals surface area (Å²) in [5.74, 6) is -4.77. The van der Waals surface area contributed by atoms with E-state index in [0.29, 0.717) is 22.9 Å². The highest BCUT2D eigenvalue weighted by atomic mass is 31.2. The molecule has 0 radical (unpaired) electrons. The maximum Gasteiger partial charge on any atom is 0.411 e. The number of carbonyl (C=O) groups is 5. The van der Waals surface area contributed by atoms with Crippen LogP contribution in [0.3, 0.4) is 0 Å². The average molecular weight is 817 g/mol. The van der Waals surface area contributed by atoms with Gasteiger partial charge in [-0.2, -0.15) is 0 Å². The summed E-state index contributed by atoms with van der Waals surface area (Å²) in [6, 6.07) is 15.7. The van der Waals surface area contributed by atoms with Gasteiger partial charge in [0.15, 0.2) is 0 Å². The van der Waals surface area contributed by atoms with Crippen LogP contribution in [0.5, 0.6) is 0 Å². The van der Waals surface area contributed by atoms with Crippen molar-refractivity contribution in [2.75, 3.05) is 27.9 Å². The molecular weight excluding hydrogens is 763 g/mol. The number of hydrogen-bond donors (Lipinski definition) is 2. The van der Waals surface area contributed by atoms with Crippen molar-refractivity contribution >= 4 is 59.1 Å². The zero-order valence-corrected chi connectivity index (χ0v) is 35.2. The summed E-state index contributed by atoms with van der Waals surface area (Å²) >= 11 is 0. The van der Waals surface area contributed by atoms with Crippen LogP contribution in [0.1, 0.15) is 80.2 Å². The van der Waals surface area contributed by atoms with Crippen LogP contribution in [0.4, 0.5) is 4.79 Å². The van der Waals surface area contributed by atoms with Crippen LogP contribution >= 0.6 is 7.60 Å². The molecule has 58 heavy (non-hydrogen) atoms. The number of fused-ring (bicyclic) bond motifs is 1. The molecule has 4 aromatic rings. The van der Waals surface area contributed by atoms with Crippen LogP contribution in [0.25, 0.3) is 21.7 Å². The number of amides is 4. The molecule has 4 amide bonds. The van der Waals surface area contributed by atoms with E-state index in [-0.39, 0.29) is 31.7 Å². The number of likely N-dealkylation sites (tertiary alicyclic amines) is 1. The number of benzene rings is 3. The maximum absolute atomic E-state index is 14.9. The van der Waals surface area contributed by atoms with E-state index in [1.165, 1.54) is 26.2 Å². The van der Waals surface area contributed by atoms with Crippen LogP contribution < -0.4 is 5.32 Å². The average Bonchev–Trinajstić information content (AvgIpc) is 3.60. The first-order valence-corrected chi connectivity index (χ1v) is 21.2. The standard InChI is InChI=1S/C43H53N4O10P/c1-25(2)21-27-23-35(37(48)45-34(41(51)54-6)22-28-24-44-33-18-10-9-15-29(28)33)47(42(52)57-43(3,4)5)40(58(53,55-7)56-8)30(27)19-20-46-38(49)31-16-11-13-26-14-12-17-32(36(26)31)39(46)50/h9-18,24-25,27,30,34-35,40,44H,19-23H2,1-8H3,(H,45,48)/t27-,30+,34+,35-,40+/m1/s1. The topological polar surface area (TPSA) is 174 Å². The molecule has 1 saturated heterocycles. The van der Waals surface area contributed by atoms with E-state index < -0.39 is 72.7 Å². The first-order valence-electron chi connectivity index (χ1n) is 19.6. The van der Waals surface area contributed by atoms with Gasteiger partial charge in [0, 0.05) is 60.8 Å². The summed E-state index contributed by atoms with van der Waals surface area (Å²) in [5.41, 5.74) is 1.36. The molecule has 2 N–H and O–H groups in total. The Balaban J connectivity index is 1.40. The number of imide groups is 1. The molecule has 310 valence electrons. The smallest absolute Gasteiger partial charge is 0.411 e. The van der Waals surface area contributed by atoms with Crippen LogP contribution in [-0.2, 0) is 39.1 Å². The van der Waals surface area contributed by atoms with Crippen molar-refractivity contribution in [3.8, 4) is 0 Å². The van der Waals surface area contributed by atoms with Gasteiger partial charge in [0.25, 0.3) is 11.8 Å². The summed E-state index contributed by atoms with van der Waals surface area (Å²) in [6.07, 6.45) is 1.57. The largest absolute Gasteiger partial charge is 0.467 e. The molecule has 6 rings (SSSR count). The normalized spacial score (nSPS) is 20.4. The highest BCUT2D eigenvalue weighted by molar-refractivity contribution is 7.54. The van der Waals surface area contributed by atoms with Crippen molar-refractivity contribution in [2.45, 2.75) is 83.8 Å². The van der Waals surface area contributed by atoms with Gasteiger partial charge in [-0.15, -0.1) is 0 Å². The van der Waals surface area contributed by atoms with Gasteiger partial charge in [-0.3, -0.25) is 28.7 Å². The Kier molecular flexibility index (Phi) is 12.5. The summed E-state index contributed by atoms with van der Waals surface area (Å²) in [5, 5.41) is 5.08. The number of rotatable bonds is 13. The lowest BCUT2D eigenvalue weighted by molar-refractivity contribution is -0.146. The minimum Gasteiger partial charge on any atom is -0.467 e. The van der Waals surface area contributed by atoms with Crippen LogP contribution in [0.2, 0.25) is 0 Å². The fourth-order valence-electron chi connectivity index (χ4n) is 8.62. The lowest BCUT2D eigenvalue weighted by Crippen LogP contribution is -2.63. The second-order valence-corrected chi connectivity index (χ2v) is 18.8. The number of piperidine rings is 1. The molecule has 5 atom stereocenters. The highest BCUT2D eigenvalue weighted by Gasteiger charge is 2.57. The second-order valence-electron chi connectivity index (χ2n) is 16.4. The molecule has 14 nitrogen and oxygen atoms in total. The molecule has 2 aliphatic heterocycles. The quantitative estimate of drug-likeness (QED) is 0.0792. The number of carbonyl (C=O) groups excluding carboxylic acids is 5. The summed E-state index contributed by atoms with van der Waals surface area (Å²) in [4.78, 5) is 76.1. The Bertz CT molecular complexity index is 2210. The maximum atomic E-state index is 14.9. The number of aromatic amines is 1. The molecule has 0 bridgehead atoms. The number of aromatic nitrogens is 1. The lowest BCUT2D eigenvalue weighted by atomic mass is 9.75. The molecule has 0 unspecified atom stereocenters. The molecule has 0 spiro atoms. The van der Waals surface area contributed by atoms with E-state index in [2.05, 4.69) is 10.3 Å². The second kappa shape index (κ2) is 17.1. The Hall–Kier alpha value is -5.04. The van der Waals surface area contributed by atoms with Gasteiger partial charge >= 0.3 is 19.7 Å². The fraction of sp³-hybridized carbons (Fsp3) is 0.465. The van der Waals surface area contributed by atoms with Crippen molar-refractivity contribution in [3.05, 3.63) is 83.6 Å². The summed E-state index contributed by atoms with van der Waals surface area (Å²) in [6.45, 7) is 8.95. The van der Waals surface area contributed by atoms with Crippen molar-refractivity contribution in [1.29, 1.82) is 0 Å². The summed E-state index contributed by atoms with van der Waals surface area (Å²) < 4.78 is 37.3. The lowest BCUT2D eigenvalue weighted by Gasteiger charge is -2.50. The zero-order valence-electron chi connectivity index (χ0n) is 34.3.